The summed E-state index contributed by atoms with van der Waals surface area (Å²) in [5.41, 5.74) is 10.3. The molecule has 1 heterocycles. The number of esters is 1. The van der Waals surface area contributed by atoms with Crippen molar-refractivity contribution in [3.8, 4) is 0 Å². The monoisotopic (exact) mass is 245 g/mol. The average Bonchev–Trinajstić information content (AvgIpc) is 2.23. The molecule has 1 aromatic rings. The van der Waals surface area contributed by atoms with E-state index in [2.05, 4.69) is 9.72 Å². The number of anilines is 2. The van der Waals surface area contributed by atoms with E-state index in [0.29, 0.717) is 0 Å². The summed E-state index contributed by atoms with van der Waals surface area (Å²) in [6, 6.07) is 1.22. The van der Waals surface area contributed by atoms with E-state index in [1.54, 1.807) is 6.92 Å². The molecule has 0 fully saturated rings. The summed E-state index contributed by atoms with van der Waals surface area (Å²) in [4.78, 5) is 14.7. The van der Waals surface area contributed by atoms with Crippen molar-refractivity contribution >= 4 is 17.5 Å². The van der Waals surface area contributed by atoms with E-state index in [9.17, 15) is 13.6 Å². The third-order valence-corrected chi connectivity index (χ3v) is 2.04. The number of rotatable bonds is 4. The Morgan fingerprint density at radius 3 is 2.71 bits per heavy atom. The Morgan fingerprint density at radius 2 is 2.18 bits per heavy atom. The number of alkyl halides is 2. The van der Waals surface area contributed by atoms with Gasteiger partial charge < -0.3 is 16.2 Å². The first-order chi connectivity index (χ1) is 7.95. The van der Waals surface area contributed by atoms with E-state index < -0.39 is 18.1 Å². The molecule has 0 aromatic carbocycles. The minimum Gasteiger partial charge on any atom is -0.466 e. The van der Waals surface area contributed by atoms with Crippen LogP contribution in [0.15, 0.2) is 6.07 Å². The molecule has 0 aliphatic heterocycles. The SMILES string of the molecule is CCOC(=O)Cc1cc(N)c(N)nc1C(F)F. The van der Waals surface area contributed by atoms with Crippen LogP contribution in [0.4, 0.5) is 20.3 Å². The summed E-state index contributed by atoms with van der Waals surface area (Å²) < 4.78 is 30.0. The summed E-state index contributed by atoms with van der Waals surface area (Å²) >= 11 is 0. The van der Waals surface area contributed by atoms with Crippen LogP contribution < -0.4 is 11.5 Å². The zero-order valence-corrected chi connectivity index (χ0v) is 9.24. The number of pyridine rings is 1. The fraction of sp³-hybridized carbons (Fsp3) is 0.400. The Balaban J connectivity index is 3.04. The van der Waals surface area contributed by atoms with Gasteiger partial charge in [-0.1, -0.05) is 0 Å². The lowest BCUT2D eigenvalue weighted by Gasteiger charge is -2.10. The quantitative estimate of drug-likeness (QED) is 0.780. The van der Waals surface area contributed by atoms with Gasteiger partial charge in [0.05, 0.1) is 18.7 Å². The molecule has 1 aromatic heterocycles. The van der Waals surface area contributed by atoms with E-state index in [-0.39, 0.29) is 30.1 Å². The minimum absolute atomic E-state index is 0.0325. The Hall–Kier alpha value is -1.92. The van der Waals surface area contributed by atoms with E-state index >= 15 is 0 Å². The van der Waals surface area contributed by atoms with Gasteiger partial charge in [-0.15, -0.1) is 0 Å². The van der Waals surface area contributed by atoms with E-state index in [4.69, 9.17) is 11.5 Å². The second-order valence-corrected chi connectivity index (χ2v) is 3.29. The van der Waals surface area contributed by atoms with E-state index in [1.807, 2.05) is 0 Å². The standard InChI is InChI=1S/C10H13F2N3O2/c1-2-17-7(16)4-5-3-6(13)10(14)15-8(5)9(11)12/h3,9H,2,4,13H2,1H3,(H2,14,15). The second kappa shape index (κ2) is 5.42. The smallest absolute Gasteiger partial charge is 0.310 e. The fourth-order valence-corrected chi connectivity index (χ4v) is 1.30. The highest BCUT2D eigenvalue weighted by Gasteiger charge is 2.19. The number of hydrogen-bond donors (Lipinski definition) is 2. The lowest BCUT2D eigenvalue weighted by molar-refractivity contribution is -0.142. The van der Waals surface area contributed by atoms with Crippen LogP contribution in [0, 0.1) is 0 Å². The zero-order chi connectivity index (χ0) is 13.0. The highest BCUT2D eigenvalue weighted by atomic mass is 19.3. The Labute approximate surface area is 96.8 Å². The lowest BCUT2D eigenvalue weighted by atomic mass is 10.1. The van der Waals surface area contributed by atoms with Crippen LogP contribution in [0.25, 0.3) is 0 Å². The molecule has 7 heteroatoms. The summed E-state index contributed by atoms with van der Waals surface area (Å²) in [5, 5.41) is 0. The topological polar surface area (TPSA) is 91.2 Å². The maximum Gasteiger partial charge on any atom is 0.310 e. The number of carbonyl (C=O) groups is 1. The van der Waals surface area contributed by atoms with Gasteiger partial charge in [-0.05, 0) is 18.6 Å². The molecule has 17 heavy (non-hydrogen) atoms. The van der Waals surface area contributed by atoms with Gasteiger partial charge in [0, 0.05) is 0 Å². The zero-order valence-electron chi connectivity index (χ0n) is 9.24. The third kappa shape index (κ3) is 3.27. The predicted octanol–water partition coefficient (Wildman–Crippen LogP) is 1.29. The van der Waals surface area contributed by atoms with Gasteiger partial charge in [0.25, 0.3) is 6.43 Å². The van der Waals surface area contributed by atoms with Crippen LogP contribution in [0.3, 0.4) is 0 Å². The largest absolute Gasteiger partial charge is 0.466 e. The van der Waals surface area contributed by atoms with Crippen LogP contribution in [-0.4, -0.2) is 17.6 Å². The van der Waals surface area contributed by atoms with Gasteiger partial charge in [0.2, 0.25) is 0 Å². The maximum atomic E-state index is 12.7. The molecular formula is C10H13F2N3O2. The molecule has 0 saturated heterocycles. The molecule has 0 amide bonds. The number of hydrogen-bond acceptors (Lipinski definition) is 5. The van der Waals surface area contributed by atoms with Gasteiger partial charge >= 0.3 is 5.97 Å². The van der Waals surface area contributed by atoms with Crippen molar-refractivity contribution in [2.45, 2.75) is 19.8 Å². The number of nitrogens with zero attached hydrogens (tertiary/aromatic N) is 1. The molecule has 0 atom stereocenters. The molecule has 4 N–H and O–H groups in total. The maximum absolute atomic E-state index is 12.7. The van der Waals surface area contributed by atoms with Gasteiger partial charge in [-0.25, -0.2) is 13.8 Å². The predicted molar refractivity (Wildman–Crippen MR) is 58.4 cm³/mol. The Bertz CT molecular complexity index is 424. The second-order valence-electron chi connectivity index (χ2n) is 3.29. The molecule has 0 spiro atoms. The molecule has 0 radical (unpaired) electrons. The van der Waals surface area contributed by atoms with Crippen molar-refractivity contribution < 1.29 is 18.3 Å². The van der Waals surface area contributed by atoms with Gasteiger partial charge in [0.1, 0.15) is 11.5 Å². The molecule has 94 valence electrons. The van der Waals surface area contributed by atoms with Crippen molar-refractivity contribution in [2.24, 2.45) is 0 Å². The molecule has 0 aliphatic rings. The molecule has 0 bridgehead atoms. The van der Waals surface area contributed by atoms with Crippen LogP contribution in [-0.2, 0) is 16.0 Å². The number of aromatic nitrogens is 1. The third-order valence-electron chi connectivity index (χ3n) is 2.04. The normalized spacial score (nSPS) is 10.6. The number of nitrogens with two attached hydrogens (primary N) is 2. The first kappa shape index (κ1) is 13.1. The van der Waals surface area contributed by atoms with E-state index in [0.717, 1.165) is 0 Å². The van der Waals surface area contributed by atoms with Gasteiger partial charge in [0.15, 0.2) is 0 Å². The number of nitrogen functional groups attached to an aromatic ring is 2. The fourth-order valence-electron chi connectivity index (χ4n) is 1.30. The molecule has 0 aliphatic carbocycles. The Kier molecular flexibility index (Phi) is 4.19. The first-order valence-electron chi connectivity index (χ1n) is 4.94. The van der Waals surface area contributed by atoms with Crippen molar-refractivity contribution in [2.75, 3.05) is 18.1 Å². The van der Waals surface area contributed by atoms with Crippen LogP contribution >= 0.6 is 0 Å². The number of carbonyl (C=O) groups excluding carboxylic acids is 1. The highest BCUT2D eigenvalue weighted by Crippen LogP contribution is 2.26. The molecule has 0 saturated carbocycles. The van der Waals surface area contributed by atoms with Crippen molar-refractivity contribution in [3.63, 3.8) is 0 Å². The van der Waals surface area contributed by atoms with Crippen LogP contribution in [0.2, 0.25) is 0 Å². The van der Waals surface area contributed by atoms with E-state index in [1.165, 1.54) is 6.07 Å². The summed E-state index contributed by atoms with van der Waals surface area (Å²) in [6.07, 6.45) is -3.12. The van der Waals surface area contributed by atoms with Crippen molar-refractivity contribution in [3.05, 3.63) is 17.3 Å². The summed E-state index contributed by atoms with van der Waals surface area (Å²) in [6.45, 7) is 1.81. The van der Waals surface area contributed by atoms with Gasteiger partial charge in [-0.3, -0.25) is 4.79 Å². The van der Waals surface area contributed by atoms with Crippen LogP contribution in [0.1, 0.15) is 24.6 Å². The molecule has 1 rings (SSSR count). The molecule has 0 unspecified atom stereocenters. The van der Waals surface area contributed by atoms with Crippen molar-refractivity contribution in [1.29, 1.82) is 0 Å². The van der Waals surface area contributed by atoms with Crippen LogP contribution in [0.5, 0.6) is 0 Å². The summed E-state index contributed by atoms with van der Waals surface area (Å²) in [7, 11) is 0. The first-order valence-corrected chi connectivity index (χ1v) is 4.94. The molecule has 5 nitrogen and oxygen atoms in total. The minimum atomic E-state index is -2.82. The summed E-state index contributed by atoms with van der Waals surface area (Å²) in [5.74, 6) is -0.784. The van der Waals surface area contributed by atoms with Gasteiger partial charge in [-0.2, -0.15) is 0 Å². The van der Waals surface area contributed by atoms with Crippen molar-refractivity contribution in [1.82, 2.24) is 4.98 Å². The Morgan fingerprint density at radius 1 is 1.53 bits per heavy atom. The average molecular weight is 245 g/mol. The lowest BCUT2D eigenvalue weighted by Crippen LogP contribution is -2.12. The number of ether oxygens (including phenoxy) is 1. The molecular weight excluding hydrogens is 232 g/mol. The highest BCUT2D eigenvalue weighted by molar-refractivity contribution is 5.74. The number of halogens is 2.